The molecule has 1 aliphatic rings. The molecule has 2 atom stereocenters. The number of halogens is 1. The number of phenolic OH excluding ortho intramolecular Hbond substituents is 2. The molecule has 146 valence electrons. The number of aliphatic hydroxyl groups excluding tert-OH is 1. The van der Waals surface area contributed by atoms with Gasteiger partial charge >= 0.3 is 0 Å². The number of likely N-dealkylation sites (tertiary alicyclic amines) is 1. The first kappa shape index (κ1) is 18.8. The molecule has 4 rings (SSSR count). The van der Waals surface area contributed by atoms with Crippen molar-refractivity contribution in [2.45, 2.75) is 18.4 Å². The third-order valence-corrected chi connectivity index (χ3v) is 5.62. The number of rotatable bonds is 2. The van der Waals surface area contributed by atoms with Gasteiger partial charge in [0.2, 0.25) is 0 Å². The van der Waals surface area contributed by atoms with Crippen LogP contribution in [0.3, 0.4) is 0 Å². The first-order valence-corrected chi connectivity index (χ1v) is 9.38. The Morgan fingerprint density at radius 2 is 1.93 bits per heavy atom. The first-order valence-electron chi connectivity index (χ1n) is 9.01. The molecule has 28 heavy (non-hydrogen) atoms. The standard InChI is InChI=1S/C21H20ClNO5/c1-23-7-6-14(24)12(10-23)19-15(25)8-16(26)20-17(27)9-18(28-21(19)20)11-4-2-3-5-13(11)22/h2-5,8-9,12,14,24-26H,6-7,10H2,1H3/t12-,14-/m1/s1. The summed E-state index contributed by atoms with van der Waals surface area (Å²) < 4.78 is 6.01. The van der Waals surface area contributed by atoms with Gasteiger partial charge in [-0.3, -0.25) is 4.79 Å². The number of fused-ring (bicyclic) bond motifs is 1. The third-order valence-electron chi connectivity index (χ3n) is 5.29. The molecule has 0 unspecified atom stereocenters. The fourth-order valence-corrected chi connectivity index (χ4v) is 4.09. The van der Waals surface area contributed by atoms with Crippen molar-refractivity contribution in [2.75, 3.05) is 20.1 Å². The van der Waals surface area contributed by atoms with Gasteiger partial charge in [0, 0.05) is 42.3 Å². The van der Waals surface area contributed by atoms with E-state index in [4.69, 9.17) is 16.0 Å². The first-order chi connectivity index (χ1) is 13.4. The van der Waals surface area contributed by atoms with E-state index in [1.807, 2.05) is 11.9 Å². The second kappa shape index (κ2) is 7.13. The van der Waals surface area contributed by atoms with Crippen LogP contribution < -0.4 is 5.43 Å². The van der Waals surface area contributed by atoms with E-state index in [1.165, 1.54) is 6.07 Å². The van der Waals surface area contributed by atoms with Gasteiger partial charge in [0.25, 0.3) is 0 Å². The SMILES string of the molecule is CN1CC[C@@H](O)[C@H](c2c(O)cc(O)c3c(=O)cc(-c4ccccc4Cl)oc23)C1. The van der Waals surface area contributed by atoms with Crippen molar-refractivity contribution in [2.24, 2.45) is 0 Å². The molecule has 0 spiro atoms. The van der Waals surface area contributed by atoms with Gasteiger partial charge < -0.3 is 24.6 Å². The van der Waals surface area contributed by atoms with Gasteiger partial charge in [-0.1, -0.05) is 23.7 Å². The Hall–Kier alpha value is -2.54. The lowest BCUT2D eigenvalue weighted by molar-refractivity contribution is 0.0700. The molecule has 0 radical (unpaired) electrons. The number of benzene rings is 2. The van der Waals surface area contributed by atoms with Crippen LogP contribution in [0.15, 0.2) is 45.6 Å². The summed E-state index contributed by atoms with van der Waals surface area (Å²) in [5.41, 5.74) is 0.462. The van der Waals surface area contributed by atoms with E-state index in [2.05, 4.69) is 0 Å². The summed E-state index contributed by atoms with van der Waals surface area (Å²) in [5.74, 6) is -0.822. The minimum Gasteiger partial charge on any atom is -0.507 e. The fraction of sp³-hybridized carbons (Fsp3) is 0.286. The lowest BCUT2D eigenvalue weighted by Crippen LogP contribution is -2.39. The molecule has 3 aromatic rings. The van der Waals surface area contributed by atoms with Gasteiger partial charge in [0.05, 0.1) is 11.1 Å². The molecular weight excluding hydrogens is 382 g/mol. The summed E-state index contributed by atoms with van der Waals surface area (Å²) in [6, 6.07) is 9.34. The molecule has 1 fully saturated rings. The van der Waals surface area contributed by atoms with Crippen molar-refractivity contribution in [3.63, 3.8) is 0 Å². The van der Waals surface area contributed by atoms with E-state index >= 15 is 0 Å². The molecule has 2 aromatic carbocycles. The third kappa shape index (κ3) is 3.13. The molecule has 1 aliphatic heterocycles. The number of aromatic hydroxyl groups is 2. The van der Waals surface area contributed by atoms with Crippen molar-refractivity contribution in [3.8, 4) is 22.8 Å². The highest BCUT2D eigenvalue weighted by atomic mass is 35.5. The van der Waals surface area contributed by atoms with Crippen LogP contribution in [0, 0.1) is 0 Å². The molecule has 0 saturated carbocycles. The summed E-state index contributed by atoms with van der Waals surface area (Å²) in [6.45, 7) is 1.21. The Morgan fingerprint density at radius 1 is 1.18 bits per heavy atom. The summed E-state index contributed by atoms with van der Waals surface area (Å²) in [4.78, 5) is 14.8. The molecule has 0 amide bonds. The van der Waals surface area contributed by atoms with Crippen molar-refractivity contribution in [1.29, 1.82) is 0 Å². The Kier molecular flexibility index (Phi) is 4.79. The Labute approximate surface area is 166 Å². The molecular formula is C21H20ClNO5. The lowest BCUT2D eigenvalue weighted by atomic mass is 9.86. The number of piperidine rings is 1. The van der Waals surface area contributed by atoms with Gasteiger partial charge in [0.15, 0.2) is 5.43 Å². The second-order valence-electron chi connectivity index (χ2n) is 7.21. The highest BCUT2D eigenvalue weighted by Gasteiger charge is 2.33. The topological polar surface area (TPSA) is 94.1 Å². The van der Waals surface area contributed by atoms with E-state index in [-0.39, 0.29) is 28.2 Å². The van der Waals surface area contributed by atoms with E-state index in [9.17, 15) is 20.1 Å². The van der Waals surface area contributed by atoms with Crippen LogP contribution in [0.25, 0.3) is 22.3 Å². The van der Waals surface area contributed by atoms with Crippen LogP contribution in [-0.4, -0.2) is 46.5 Å². The minimum absolute atomic E-state index is 0.0240. The Balaban J connectivity index is 2.02. The van der Waals surface area contributed by atoms with Crippen LogP contribution in [-0.2, 0) is 0 Å². The molecule has 2 heterocycles. The van der Waals surface area contributed by atoms with Crippen molar-refractivity contribution in [1.82, 2.24) is 4.90 Å². The maximum atomic E-state index is 12.8. The number of likely N-dealkylation sites (N-methyl/N-ethyl adjacent to an activating group) is 1. The number of nitrogens with zero attached hydrogens (tertiary/aromatic N) is 1. The van der Waals surface area contributed by atoms with E-state index < -0.39 is 17.5 Å². The van der Waals surface area contributed by atoms with Crippen LogP contribution in [0.5, 0.6) is 11.5 Å². The molecule has 1 saturated heterocycles. The maximum absolute atomic E-state index is 12.8. The van der Waals surface area contributed by atoms with Crippen molar-refractivity contribution >= 4 is 22.6 Å². The van der Waals surface area contributed by atoms with Crippen LogP contribution in [0.1, 0.15) is 17.9 Å². The summed E-state index contributed by atoms with van der Waals surface area (Å²) in [6.07, 6.45) is -0.179. The summed E-state index contributed by atoms with van der Waals surface area (Å²) in [7, 11) is 1.92. The molecule has 3 N–H and O–H groups in total. The average molecular weight is 402 g/mol. The molecule has 0 aliphatic carbocycles. The zero-order valence-corrected chi connectivity index (χ0v) is 16.0. The zero-order chi connectivity index (χ0) is 20.0. The van der Waals surface area contributed by atoms with E-state index in [0.29, 0.717) is 29.1 Å². The van der Waals surface area contributed by atoms with Gasteiger partial charge in [-0.25, -0.2) is 0 Å². The van der Waals surface area contributed by atoms with E-state index in [1.54, 1.807) is 24.3 Å². The zero-order valence-electron chi connectivity index (χ0n) is 15.2. The van der Waals surface area contributed by atoms with Crippen LogP contribution in [0.4, 0.5) is 0 Å². The monoisotopic (exact) mass is 401 g/mol. The minimum atomic E-state index is -0.705. The maximum Gasteiger partial charge on any atom is 0.197 e. The number of hydrogen-bond acceptors (Lipinski definition) is 6. The van der Waals surface area contributed by atoms with E-state index in [0.717, 1.165) is 12.6 Å². The highest BCUT2D eigenvalue weighted by Crippen LogP contribution is 2.42. The van der Waals surface area contributed by atoms with Gasteiger partial charge in [-0.2, -0.15) is 0 Å². The molecule has 6 nitrogen and oxygen atoms in total. The van der Waals surface area contributed by atoms with Gasteiger partial charge in [0.1, 0.15) is 28.2 Å². The number of aliphatic hydroxyl groups is 1. The van der Waals surface area contributed by atoms with Gasteiger partial charge in [-0.05, 0) is 25.6 Å². The summed E-state index contributed by atoms with van der Waals surface area (Å²) >= 11 is 6.25. The number of hydrogen-bond donors (Lipinski definition) is 3. The van der Waals surface area contributed by atoms with Crippen molar-refractivity contribution < 1.29 is 19.7 Å². The largest absolute Gasteiger partial charge is 0.507 e. The smallest absolute Gasteiger partial charge is 0.197 e. The average Bonchev–Trinajstić information content (AvgIpc) is 2.64. The predicted molar refractivity (Wildman–Crippen MR) is 107 cm³/mol. The normalized spacial score (nSPS) is 20.5. The Morgan fingerprint density at radius 3 is 2.68 bits per heavy atom. The van der Waals surface area contributed by atoms with Gasteiger partial charge in [-0.15, -0.1) is 0 Å². The van der Waals surface area contributed by atoms with Crippen LogP contribution in [0.2, 0.25) is 5.02 Å². The molecule has 0 bridgehead atoms. The number of phenols is 2. The quantitative estimate of drug-likeness (QED) is 0.610. The molecule has 1 aromatic heterocycles. The predicted octanol–water partition coefficient (Wildman–Crippen LogP) is 3.30. The lowest BCUT2D eigenvalue weighted by Gasteiger charge is -2.34. The second-order valence-corrected chi connectivity index (χ2v) is 7.62. The highest BCUT2D eigenvalue weighted by molar-refractivity contribution is 6.33. The Bertz CT molecular complexity index is 1110. The fourth-order valence-electron chi connectivity index (χ4n) is 3.86. The van der Waals surface area contributed by atoms with Crippen LogP contribution >= 0.6 is 11.6 Å². The summed E-state index contributed by atoms with van der Waals surface area (Å²) in [5, 5.41) is 31.8. The molecule has 7 heteroatoms. The van der Waals surface area contributed by atoms with Crippen molar-refractivity contribution in [3.05, 3.63) is 57.2 Å².